The Morgan fingerprint density at radius 2 is 1.96 bits per heavy atom. The molecule has 132 valence electrons. The molecule has 6 nitrogen and oxygen atoms in total. The highest BCUT2D eigenvalue weighted by molar-refractivity contribution is 5.53. The summed E-state index contributed by atoms with van der Waals surface area (Å²) in [6.07, 6.45) is 7.34. The fourth-order valence-electron chi connectivity index (χ4n) is 3.77. The molecule has 1 aliphatic heterocycles. The van der Waals surface area contributed by atoms with Crippen LogP contribution in [0.1, 0.15) is 30.9 Å². The Morgan fingerprint density at radius 3 is 2.68 bits per heavy atom. The highest BCUT2D eigenvalue weighted by atomic mass is 16.3. The maximum absolute atomic E-state index is 5.07. The molecular weight excluding hydrogens is 314 g/mol. The lowest BCUT2D eigenvalue weighted by atomic mass is 10.00. The van der Waals surface area contributed by atoms with E-state index in [-0.39, 0.29) is 5.54 Å². The Hall–Kier alpha value is -2.18. The van der Waals surface area contributed by atoms with Gasteiger partial charge in [-0.3, -0.25) is 9.80 Å². The molecule has 0 spiro atoms. The van der Waals surface area contributed by atoms with Gasteiger partial charge in [0, 0.05) is 38.9 Å². The maximum Gasteiger partial charge on any atom is 0.180 e. The minimum atomic E-state index is -0.111. The minimum Gasteiger partial charge on any atom is -0.451 e. The Morgan fingerprint density at radius 1 is 1.16 bits per heavy atom. The molecule has 1 saturated heterocycles. The monoisotopic (exact) mass is 339 g/mol. The largest absolute Gasteiger partial charge is 0.451 e. The van der Waals surface area contributed by atoms with Gasteiger partial charge in [-0.2, -0.15) is 0 Å². The Bertz CT molecular complexity index is 844. The maximum atomic E-state index is 5.07. The van der Waals surface area contributed by atoms with Crippen molar-refractivity contribution in [2.75, 3.05) is 26.2 Å². The molecule has 4 rings (SSSR count). The number of aromatic nitrogens is 3. The Kier molecular flexibility index (Phi) is 4.09. The lowest BCUT2D eigenvalue weighted by molar-refractivity contribution is 0.0419. The Balaban J connectivity index is 1.50. The number of rotatable bonds is 4. The van der Waals surface area contributed by atoms with E-state index in [1.54, 1.807) is 6.26 Å². The van der Waals surface area contributed by atoms with Crippen molar-refractivity contribution in [3.63, 3.8) is 0 Å². The normalized spacial score (nSPS) is 17.4. The summed E-state index contributed by atoms with van der Waals surface area (Å²) in [6.45, 7) is 11.6. The van der Waals surface area contributed by atoms with Gasteiger partial charge in [-0.1, -0.05) is 6.07 Å². The fourth-order valence-corrected chi connectivity index (χ4v) is 3.77. The Labute approximate surface area is 148 Å². The van der Waals surface area contributed by atoms with Crippen LogP contribution in [0.25, 0.3) is 5.52 Å². The van der Waals surface area contributed by atoms with E-state index in [0.29, 0.717) is 0 Å². The summed E-state index contributed by atoms with van der Waals surface area (Å²) < 4.78 is 7.30. The molecule has 0 aromatic carbocycles. The minimum absolute atomic E-state index is 0.111. The predicted octanol–water partition coefficient (Wildman–Crippen LogP) is 2.68. The van der Waals surface area contributed by atoms with Gasteiger partial charge in [-0.15, -0.1) is 0 Å². The van der Waals surface area contributed by atoms with Gasteiger partial charge < -0.3 is 8.82 Å². The molecule has 0 bridgehead atoms. The summed E-state index contributed by atoms with van der Waals surface area (Å²) in [5, 5.41) is 0. The van der Waals surface area contributed by atoms with Crippen molar-refractivity contribution < 1.29 is 4.42 Å². The average molecular weight is 339 g/mol. The third-order valence-electron chi connectivity index (χ3n) is 5.36. The van der Waals surface area contributed by atoms with E-state index in [4.69, 9.17) is 9.40 Å². The molecule has 0 N–H and O–H groups in total. The predicted molar refractivity (Wildman–Crippen MR) is 96.3 cm³/mol. The number of oxazole rings is 1. The molecule has 25 heavy (non-hydrogen) atoms. The van der Waals surface area contributed by atoms with E-state index in [1.165, 1.54) is 17.5 Å². The molecule has 3 aromatic heterocycles. The highest BCUT2D eigenvalue weighted by Crippen LogP contribution is 2.29. The topological polar surface area (TPSA) is 49.8 Å². The van der Waals surface area contributed by atoms with Crippen LogP contribution in [0.3, 0.4) is 0 Å². The summed E-state index contributed by atoms with van der Waals surface area (Å²) in [4.78, 5) is 14.0. The van der Waals surface area contributed by atoms with Gasteiger partial charge in [-0.05, 0) is 32.4 Å². The van der Waals surface area contributed by atoms with E-state index in [1.807, 2.05) is 6.20 Å². The second-order valence-electron chi connectivity index (χ2n) is 7.33. The van der Waals surface area contributed by atoms with E-state index in [2.05, 4.69) is 58.3 Å². The number of aryl methyl sites for hydroxylation is 1. The van der Waals surface area contributed by atoms with E-state index < -0.39 is 0 Å². The van der Waals surface area contributed by atoms with Crippen molar-refractivity contribution in [3.8, 4) is 0 Å². The first-order valence-electron chi connectivity index (χ1n) is 8.83. The van der Waals surface area contributed by atoms with Crippen molar-refractivity contribution in [2.45, 2.75) is 32.9 Å². The van der Waals surface area contributed by atoms with Gasteiger partial charge in [-0.25, -0.2) is 9.97 Å². The summed E-state index contributed by atoms with van der Waals surface area (Å²) in [6, 6.07) is 4.23. The van der Waals surface area contributed by atoms with Crippen LogP contribution >= 0.6 is 0 Å². The molecule has 0 aliphatic carbocycles. The van der Waals surface area contributed by atoms with E-state index in [9.17, 15) is 0 Å². The number of fused-ring (bicyclic) bond motifs is 1. The lowest BCUT2D eigenvalue weighted by Crippen LogP contribution is -2.53. The van der Waals surface area contributed by atoms with Crippen LogP contribution < -0.4 is 0 Å². The third kappa shape index (κ3) is 2.96. The molecule has 1 fully saturated rings. The molecule has 1 aliphatic rings. The number of pyridine rings is 1. The third-order valence-corrected chi connectivity index (χ3v) is 5.36. The number of hydrogen-bond acceptors (Lipinski definition) is 5. The van der Waals surface area contributed by atoms with Gasteiger partial charge in [0.1, 0.15) is 12.1 Å². The molecule has 0 saturated carbocycles. The van der Waals surface area contributed by atoms with Crippen molar-refractivity contribution in [1.82, 2.24) is 24.2 Å². The number of nitrogens with zero attached hydrogens (tertiary/aromatic N) is 5. The van der Waals surface area contributed by atoms with Crippen LogP contribution in [0.2, 0.25) is 0 Å². The summed E-state index contributed by atoms with van der Waals surface area (Å²) in [7, 11) is 0. The quantitative estimate of drug-likeness (QED) is 0.731. The van der Waals surface area contributed by atoms with E-state index >= 15 is 0 Å². The second-order valence-corrected chi connectivity index (χ2v) is 7.33. The molecule has 0 atom stereocenters. The molecular formula is C19H25N5O. The van der Waals surface area contributed by atoms with Gasteiger partial charge >= 0.3 is 0 Å². The van der Waals surface area contributed by atoms with E-state index in [0.717, 1.165) is 44.2 Å². The van der Waals surface area contributed by atoms with Crippen molar-refractivity contribution in [1.29, 1.82) is 0 Å². The summed E-state index contributed by atoms with van der Waals surface area (Å²) in [5.41, 5.74) is 3.34. The molecule has 6 heteroatoms. The zero-order chi connectivity index (χ0) is 17.4. The van der Waals surface area contributed by atoms with Crippen molar-refractivity contribution >= 4 is 5.52 Å². The first-order valence-corrected chi connectivity index (χ1v) is 8.83. The van der Waals surface area contributed by atoms with Crippen molar-refractivity contribution in [3.05, 3.63) is 54.3 Å². The van der Waals surface area contributed by atoms with Gasteiger partial charge in [0.05, 0.1) is 22.9 Å². The van der Waals surface area contributed by atoms with Crippen LogP contribution in [0, 0.1) is 6.92 Å². The average Bonchev–Trinajstić information content (AvgIpc) is 3.25. The summed E-state index contributed by atoms with van der Waals surface area (Å²) in [5.74, 6) is 1.11. The van der Waals surface area contributed by atoms with Crippen LogP contribution in [-0.2, 0) is 12.1 Å². The molecule has 0 unspecified atom stereocenters. The lowest BCUT2D eigenvalue weighted by Gasteiger charge is -2.43. The molecule has 0 amide bonds. The smallest absolute Gasteiger partial charge is 0.180 e. The second kappa shape index (κ2) is 6.28. The number of hydrogen-bond donors (Lipinski definition) is 0. The zero-order valence-corrected chi connectivity index (χ0v) is 15.1. The van der Waals surface area contributed by atoms with Gasteiger partial charge in [0.25, 0.3) is 0 Å². The van der Waals surface area contributed by atoms with Crippen LogP contribution in [0.4, 0.5) is 0 Å². The number of imidazole rings is 1. The van der Waals surface area contributed by atoms with Gasteiger partial charge in [0.15, 0.2) is 6.39 Å². The van der Waals surface area contributed by atoms with Gasteiger partial charge in [0.2, 0.25) is 0 Å². The summed E-state index contributed by atoms with van der Waals surface area (Å²) >= 11 is 0. The highest BCUT2D eigenvalue weighted by Gasteiger charge is 2.34. The first-order chi connectivity index (χ1) is 12.1. The van der Waals surface area contributed by atoms with Crippen LogP contribution in [0.5, 0.6) is 0 Å². The SMILES string of the molecule is Cc1cccn2c(C(C)(C)N3CCN(Cc4cocn4)CC3)ncc12. The van der Waals surface area contributed by atoms with Crippen LogP contribution in [0.15, 0.2) is 41.6 Å². The molecule has 3 aromatic rings. The van der Waals surface area contributed by atoms with Crippen molar-refractivity contribution in [2.24, 2.45) is 0 Å². The zero-order valence-electron chi connectivity index (χ0n) is 15.1. The number of piperazine rings is 1. The molecule has 0 radical (unpaired) electrons. The standard InChI is InChI=1S/C19H25N5O/c1-15-5-4-6-24-17(15)11-20-18(24)19(2,3)23-9-7-22(8-10-23)12-16-13-25-14-21-16/h4-6,11,13-14H,7-10,12H2,1-3H3. The fraction of sp³-hybridized carbons (Fsp3) is 0.474. The first kappa shape index (κ1) is 16.3. The molecule has 4 heterocycles. The van der Waals surface area contributed by atoms with Crippen LogP contribution in [-0.4, -0.2) is 50.3 Å².